The van der Waals surface area contributed by atoms with Gasteiger partial charge in [0.2, 0.25) is 0 Å². The van der Waals surface area contributed by atoms with Crippen molar-refractivity contribution < 1.29 is 8.95 Å². The Morgan fingerprint density at radius 1 is 1.47 bits per heavy atom. The minimum atomic E-state index is -1.06. The van der Waals surface area contributed by atoms with E-state index in [0.717, 1.165) is 30.8 Å². The Labute approximate surface area is 109 Å². The average Bonchev–Trinajstić information content (AvgIpc) is 2.34. The monoisotopic (exact) mass is 273 g/mol. The van der Waals surface area contributed by atoms with Gasteiger partial charge in [0.15, 0.2) is 0 Å². The van der Waals surface area contributed by atoms with E-state index in [4.69, 9.17) is 22.1 Å². The smallest absolute Gasteiger partial charge is 0.0693 e. The van der Waals surface area contributed by atoms with E-state index < -0.39 is 10.8 Å². The van der Waals surface area contributed by atoms with Crippen LogP contribution in [-0.2, 0) is 15.5 Å². The molecule has 2 atom stereocenters. The third kappa shape index (κ3) is 3.44. The van der Waals surface area contributed by atoms with Crippen LogP contribution in [0.2, 0.25) is 5.02 Å². The lowest BCUT2D eigenvalue weighted by Crippen LogP contribution is -2.25. The molecule has 2 N–H and O–H groups in total. The first-order valence-electron chi connectivity index (χ1n) is 5.72. The predicted molar refractivity (Wildman–Crippen MR) is 70.7 cm³/mol. The molecule has 1 fully saturated rings. The summed E-state index contributed by atoms with van der Waals surface area (Å²) in [5.74, 6) is 0.542. The second-order valence-electron chi connectivity index (χ2n) is 4.18. The number of ether oxygens (including phenoxy) is 1. The Balaban J connectivity index is 2.01. The molecule has 1 aromatic carbocycles. The van der Waals surface area contributed by atoms with E-state index in [1.165, 1.54) is 0 Å². The van der Waals surface area contributed by atoms with Gasteiger partial charge in [0.1, 0.15) is 0 Å². The van der Waals surface area contributed by atoms with Crippen LogP contribution in [0.15, 0.2) is 23.1 Å². The summed E-state index contributed by atoms with van der Waals surface area (Å²) in [4.78, 5) is 0.721. The molecule has 0 radical (unpaired) electrons. The Bertz CT molecular complexity index is 419. The molecule has 17 heavy (non-hydrogen) atoms. The molecule has 0 bridgehead atoms. The topological polar surface area (TPSA) is 52.3 Å². The molecule has 3 nitrogen and oxygen atoms in total. The Morgan fingerprint density at radius 2 is 2.29 bits per heavy atom. The van der Waals surface area contributed by atoms with Crippen molar-refractivity contribution in [3.8, 4) is 0 Å². The molecule has 94 valence electrons. The quantitative estimate of drug-likeness (QED) is 0.862. The van der Waals surface area contributed by atoms with Crippen LogP contribution in [0.5, 0.6) is 0 Å². The highest BCUT2D eigenvalue weighted by atomic mass is 35.5. The molecule has 1 aliphatic heterocycles. The van der Waals surface area contributed by atoms with Gasteiger partial charge < -0.3 is 10.5 Å². The summed E-state index contributed by atoms with van der Waals surface area (Å²) >= 11 is 5.91. The first kappa shape index (κ1) is 12.9. The molecule has 0 spiro atoms. The van der Waals surface area contributed by atoms with E-state index in [2.05, 4.69) is 0 Å². The zero-order valence-electron chi connectivity index (χ0n) is 9.52. The largest absolute Gasteiger partial charge is 0.398 e. The summed E-state index contributed by atoms with van der Waals surface area (Å²) in [5, 5.41) is 0.459. The number of nitrogens with two attached hydrogens (primary N) is 1. The van der Waals surface area contributed by atoms with E-state index in [0.29, 0.717) is 16.5 Å². The van der Waals surface area contributed by atoms with Gasteiger partial charge in [-0.2, -0.15) is 0 Å². The van der Waals surface area contributed by atoms with Crippen LogP contribution in [0.4, 0.5) is 5.69 Å². The normalized spacial score (nSPS) is 22.3. The molecule has 0 aliphatic carbocycles. The average molecular weight is 274 g/mol. The number of anilines is 1. The number of halogens is 1. The fourth-order valence-electron chi connectivity index (χ4n) is 1.85. The van der Waals surface area contributed by atoms with Crippen molar-refractivity contribution in [2.24, 2.45) is 0 Å². The highest BCUT2D eigenvalue weighted by Gasteiger charge is 2.18. The van der Waals surface area contributed by atoms with Gasteiger partial charge >= 0.3 is 0 Å². The van der Waals surface area contributed by atoms with E-state index in [1.807, 2.05) is 0 Å². The third-order valence-electron chi connectivity index (χ3n) is 2.85. The van der Waals surface area contributed by atoms with E-state index in [9.17, 15) is 4.21 Å². The molecule has 0 aromatic heterocycles. The fourth-order valence-corrected chi connectivity index (χ4v) is 3.36. The molecule has 1 saturated heterocycles. The Hall–Kier alpha value is -0.580. The maximum Gasteiger partial charge on any atom is 0.0693 e. The van der Waals surface area contributed by atoms with Gasteiger partial charge in [0, 0.05) is 11.5 Å². The maximum absolute atomic E-state index is 12.1. The molecule has 0 amide bonds. The summed E-state index contributed by atoms with van der Waals surface area (Å²) < 4.78 is 17.7. The summed E-state index contributed by atoms with van der Waals surface area (Å²) in [7, 11) is -1.06. The number of rotatable bonds is 3. The molecule has 2 unspecified atom stereocenters. The van der Waals surface area contributed by atoms with Gasteiger partial charge in [-0.25, -0.2) is 0 Å². The van der Waals surface area contributed by atoms with E-state index in [1.54, 1.807) is 18.2 Å². The minimum absolute atomic E-state index is 0.112. The van der Waals surface area contributed by atoms with Gasteiger partial charge in [-0.3, -0.25) is 4.21 Å². The molecule has 1 aliphatic rings. The van der Waals surface area contributed by atoms with Gasteiger partial charge in [-0.05, 0) is 37.5 Å². The van der Waals surface area contributed by atoms with Gasteiger partial charge in [0.05, 0.1) is 33.4 Å². The van der Waals surface area contributed by atoms with Gasteiger partial charge in [-0.1, -0.05) is 11.6 Å². The second kappa shape index (κ2) is 5.85. The summed E-state index contributed by atoms with van der Waals surface area (Å²) in [6, 6.07) is 5.13. The minimum Gasteiger partial charge on any atom is -0.398 e. The molecule has 1 heterocycles. The Morgan fingerprint density at radius 3 is 2.94 bits per heavy atom. The first-order chi connectivity index (χ1) is 8.16. The van der Waals surface area contributed by atoms with Crippen LogP contribution in [0.1, 0.15) is 19.3 Å². The number of benzene rings is 1. The van der Waals surface area contributed by atoms with Crippen LogP contribution in [-0.4, -0.2) is 22.7 Å². The number of hydrogen-bond acceptors (Lipinski definition) is 3. The summed E-state index contributed by atoms with van der Waals surface area (Å²) in [6.45, 7) is 0.782. The van der Waals surface area contributed by atoms with Crippen molar-refractivity contribution >= 4 is 28.1 Å². The van der Waals surface area contributed by atoms with Crippen LogP contribution in [0.25, 0.3) is 0 Å². The lowest BCUT2D eigenvalue weighted by Gasteiger charge is -2.22. The predicted octanol–water partition coefficient (Wildman–Crippen LogP) is 2.60. The highest BCUT2D eigenvalue weighted by molar-refractivity contribution is 7.85. The number of hydrogen-bond donors (Lipinski definition) is 1. The van der Waals surface area contributed by atoms with Gasteiger partial charge in [-0.15, -0.1) is 0 Å². The number of nitrogen functional groups attached to an aromatic ring is 1. The maximum atomic E-state index is 12.1. The molecule has 0 saturated carbocycles. The van der Waals surface area contributed by atoms with Crippen molar-refractivity contribution in [3.63, 3.8) is 0 Å². The Kier molecular flexibility index (Phi) is 4.42. The van der Waals surface area contributed by atoms with Crippen LogP contribution in [0.3, 0.4) is 0 Å². The van der Waals surface area contributed by atoms with Crippen molar-refractivity contribution in [2.75, 3.05) is 18.1 Å². The van der Waals surface area contributed by atoms with E-state index >= 15 is 0 Å². The standard InChI is InChI=1S/C12H16ClNO2S/c13-11-7-10(4-5-12(11)14)17(15)8-9-3-1-2-6-16-9/h4-5,7,9H,1-3,6,8,14H2. The SMILES string of the molecule is Nc1ccc(S(=O)CC2CCCCO2)cc1Cl. The molecular formula is C12H16ClNO2S. The van der Waals surface area contributed by atoms with Crippen LogP contribution < -0.4 is 5.73 Å². The van der Waals surface area contributed by atoms with Crippen molar-refractivity contribution in [1.29, 1.82) is 0 Å². The summed E-state index contributed by atoms with van der Waals surface area (Å²) in [5.41, 5.74) is 6.13. The lowest BCUT2D eigenvalue weighted by molar-refractivity contribution is 0.0310. The zero-order valence-corrected chi connectivity index (χ0v) is 11.1. The molecule has 5 heteroatoms. The van der Waals surface area contributed by atoms with Crippen molar-refractivity contribution in [2.45, 2.75) is 30.3 Å². The van der Waals surface area contributed by atoms with Crippen molar-refractivity contribution in [1.82, 2.24) is 0 Å². The lowest BCUT2D eigenvalue weighted by atomic mass is 10.1. The van der Waals surface area contributed by atoms with Crippen LogP contribution in [0, 0.1) is 0 Å². The second-order valence-corrected chi connectivity index (χ2v) is 6.09. The zero-order chi connectivity index (χ0) is 12.3. The first-order valence-corrected chi connectivity index (χ1v) is 7.41. The molecule has 1 aromatic rings. The van der Waals surface area contributed by atoms with E-state index in [-0.39, 0.29) is 6.10 Å². The van der Waals surface area contributed by atoms with Crippen molar-refractivity contribution in [3.05, 3.63) is 23.2 Å². The molecular weight excluding hydrogens is 258 g/mol. The van der Waals surface area contributed by atoms with Crippen LogP contribution >= 0.6 is 11.6 Å². The third-order valence-corrected chi connectivity index (χ3v) is 4.63. The molecule has 2 rings (SSSR count). The highest BCUT2D eigenvalue weighted by Crippen LogP contribution is 2.23. The fraction of sp³-hybridized carbons (Fsp3) is 0.500. The van der Waals surface area contributed by atoms with Gasteiger partial charge in [0.25, 0.3) is 0 Å². The summed E-state index contributed by atoms with van der Waals surface area (Å²) in [6.07, 6.45) is 3.37.